The van der Waals surface area contributed by atoms with Crippen LogP contribution in [0.5, 0.6) is 0 Å². The van der Waals surface area contributed by atoms with Crippen LogP contribution in [0.1, 0.15) is 17.0 Å². The number of aromatic amines is 1. The molecule has 0 aromatic carbocycles. The lowest BCUT2D eigenvalue weighted by molar-refractivity contribution is 0.731. The molecule has 19 heavy (non-hydrogen) atoms. The fraction of sp³-hybridized carbons (Fsp3) is 0.273. The van der Waals surface area contributed by atoms with Crippen molar-refractivity contribution >= 4 is 23.5 Å². The summed E-state index contributed by atoms with van der Waals surface area (Å²) in [5.41, 5.74) is 5.36. The Morgan fingerprint density at radius 3 is 2.89 bits per heavy atom. The van der Waals surface area contributed by atoms with Gasteiger partial charge in [-0.3, -0.25) is 14.9 Å². The molecule has 0 bridgehead atoms. The van der Waals surface area contributed by atoms with Crippen molar-refractivity contribution in [3.8, 4) is 0 Å². The first-order valence-electron chi connectivity index (χ1n) is 5.53. The predicted molar refractivity (Wildman–Crippen MR) is 73.8 cm³/mol. The van der Waals surface area contributed by atoms with Gasteiger partial charge in [0.2, 0.25) is 0 Å². The van der Waals surface area contributed by atoms with Crippen LogP contribution < -0.4 is 11.0 Å². The van der Waals surface area contributed by atoms with Gasteiger partial charge in [0.25, 0.3) is 5.56 Å². The summed E-state index contributed by atoms with van der Waals surface area (Å²) in [5.74, 6) is 0. The Morgan fingerprint density at radius 1 is 1.53 bits per heavy atom. The van der Waals surface area contributed by atoms with Crippen LogP contribution >= 0.6 is 11.6 Å². The highest BCUT2D eigenvalue weighted by Crippen LogP contribution is 2.14. The van der Waals surface area contributed by atoms with Gasteiger partial charge in [-0.1, -0.05) is 11.6 Å². The fourth-order valence-corrected chi connectivity index (χ4v) is 1.74. The van der Waals surface area contributed by atoms with Gasteiger partial charge in [-0.15, -0.1) is 0 Å². The molecule has 2 N–H and O–H groups in total. The number of hydrogen-bond donors (Lipinski definition) is 2. The molecule has 0 saturated carbocycles. The van der Waals surface area contributed by atoms with Crippen molar-refractivity contribution in [2.24, 2.45) is 12.1 Å². The second-order valence-corrected chi connectivity index (χ2v) is 4.38. The summed E-state index contributed by atoms with van der Waals surface area (Å²) in [6.07, 6.45) is 3.03. The summed E-state index contributed by atoms with van der Waals surface area (Å²) in [7, 11) is 1.87. The lowest BCUT2D eigenvalue weighted by Gasteiger charge is -2.00. The Bertz CT molecular complexity index is 687. The number of nitrogens with one attached hydrogen (secondary N) is 2. The van der Waals surface area contributed by atoms with Gasteiger partial charge >= 0.3 is 0 Å². The minimum absolute atomic E-state index is 0.0202. The molecular weight excluding hydrogens is 268 g/mol. The quantitative estimate of drug-likeness (QED) is 0.654. The molecule has 2 aromatic rings. The van der Waals surface area contributed by atoms with Gasteiger partial charge in [-0.05, 0) is 13.8 Å². The Kier molecular flexibility index (Phi) is 3.66. The van der Waals surface area contributed by atoms with E-state index in [9.17, 15) is 4.79 Å². The predicted octanol–water partition coefficient (Wildman–Crippen LogP) is 1.22. The maximum Gasteiger partial charge on any atom is 0.285 e. The zero-order chi connectivity index (χ0) is 14.0. The van der Waals surface area contributed by atoms with Crippen LogP contribution in [0, 0.1) is 13.8 Å². The van der Waals surface area contributed by atoms with E-state index in [4.69, 9.17) is 11.6 Å². The molecule has 0 spiro atoms. The largest absolute Gasteiger partial charge is 0.285 e. The summed E-state index contributed by atoms with van der Waals surface area (Å²) in [5, 5.41) is 14.2. The zero-order valence-corrected chi connectivity index (χ0v) is 11.5. The minimum atomic E-state index is -0.462. The normalized spacial score (nSPS) is 11.2. The maximum atomic E-state index is 11.2. The van der Waals surface area contributed by atoms with Gasteiger partial charge in [0.1, 0.15) is 10.7 Å². The summed E-state index contributed by atoms with van der Waals surface area (Å²) in [6, 6.07) is 0. The number of halogens is 1. The topological polar surface area (TPSA) is 88.0 Å². The molecule has 0 aliphatic carbocycles. The molecule has 0 unspecified atom stereocenters. The van der Waals surface area contributed by atoms with Crippen LogP contribution in [0.3, 0.4) is 0 Å². The summed E-state index contributed by atoms with van der Waals surface area (Å²) in [4.78, 5) is 11.2. The van der Waals surface area contributed by atoms with Crippen LogP contribution in [0.25, 0.3) is 0 Å². The molecule has 0 radical (unpaired) electrons. The molecule has 2 aromatic heterocycles. The van der Waals surface area contributed by atoms with Crippen LogP contribution in [0.15, 0.2) is 16.1 Å². The molecule has 0 fully saturated rings. The van der Waals surface area contributed by atoms with Crippen molar-refractivity contribution in [3.05, 3.63) is 38.5 Å². The molecular formula is C11H13ClN6O. The summed E-state index contributed by atoms with van der Waals surface area (Å²) >= 11 is 5.81. The smallest absolute Gasteiger partial charge is 0.275 e. The van der Waals surface area contributed by atoms with Crippen LogP contribution in [-0.2, 0) is 7.05 Å². The van der Waals surface area contributed by atoms with Gasteiger partial charge in [-0.2, -0.15) is 15.3 Å². The van der Waals surface area contributed by atoms with E-state index >= 15 is 0 Å². The molecule has 0 amide bonds. The van der Waals surface area contributed by atoms with Crippen LogP contribution in [0.2, 0.25) is 5.02 Å². The number of aromatic nitrogens is 4. The standard InChI is InChI=1S/C11H13ClN6O/c1-6-8(7(2)18(3)17-6)4-13-15-9-5-14-16-11(19)10(9)12/h4-5H,1-3H3,(H2,15,16,19)/b13-4-. The van der Waals surface area contributed by atoms with Gasteiger partial charge in [0.05, 0.1) is 18.1 Å². The average molecular weight is 281 g/mol. The van der Waals surface area contributed by atoms with E-state index in [1.165, 1.54) is 6.20 Å². The summed E-state index contributed by atoms with van der Waals surface area (Å²) in [6.45, 7) is 3.85. The van der Waals surface area contributed by atoms with Gasteiger partial charge in [0.15, 0.2) is 0 Å². The van der Waals surface area contributed by atoms with E-state index in [2.05, 4.69) is 25.8 Å². The highest BCUT2D eigenvalue weighted by atomic mass is 35.5. The third kappa shape index (κ3) is 2.65. The molecule has 0 saturated heterocycles. The number of hydrogen-bond acceptors (Lipinski definition) is 5. The van der Waals surface area contributed by atoms with E-state index in [0.717, 1.165) is 17.0 Å². The Morgan fingerprint density at radius 2 is 2.26 bits per heavy atom. The number of aryl methyl sites for hydroxylation is 2. The second kappa shape index (κ2) is 5.23. The van der Waals surface area contributed by atoms with Crippen molar-refractivity contribution in [3.63, 3.8) is 0 Å². The van der Waals surface area contributed by atoms with Crippen LogP contribution in [-0.4, -0.2) is 26.2 Å². The van der Waals surface area contributed by atoms with Crippen molar-refractivity contribution in [1.82, 2.24) is 20.0 Å². The lowest BCUT2D eigenvalue weighted by Crippen LogP contribution is -2.10. The maximum absolute atomic E-state index is 11.2. The third-order valence-electron chi connectivity index (χ3n) is 2.74. The van der Waals surface area contributed by atoms with Gasteiger partial charge in [0, 0.05) is 18.3 Å². The van der Waals surface area contributed by atoms with E-state index in [-0.39, 0.29) is 5.02 Å². The van der Waals surface area contributed by atoms with Crippen molar-refractivity contribution in [2.45, 2.75) is 13.8 Å². The first-order chi connectivity index (χ1) is 9.00. The number of rotatable bonds is 3. The third-order valence-corrected chi connectivity index (χ3v) is 3.11. The highest BCUT2D eigenvalue weighted by molar-refractivity contribution is 6.32. The highest BCUT2D eigenvalue weighted by Gasteiger charge is 2.07. The first-order valence-corrected chi connectivity index (χ1v) is 5.91. The molecule has 100 valence electrons. The average Bonchev–Trinajstić information content (AvgIpc) is 2.61. The van der Waals surface area contributed by atoms with E-state index in [1.54, 1.807) is 10.9 Å². The van der Waals surface area contributed by atoms with E-state index < -0.39 is 5.56 Å². The first kappa shape index (κ1) is 13.3. The van der Waals surface area contributed by atoms with Gasteiger partial charge < -0.3 is 0 Å². The van der Waals surface area contributed by atoms with Crippen molar-refractivity contribution < 1.29 is 0 Å². The molecule has 7 nitrogen and oxygen atoms in total. The number of H-pyrrole nitrogens is 1. The monoisotopic (exact) mass is 280 g/mol. The van der Waals surface area contributed by atoms with E-state index in [0.29, 0.717) is 5.69 Å². The van der Waals surface area contributed by atoms with Gasteiger partial charge in [-0.25, -0.2) is 5.10 Å². The molecule has 8 heteroatoms. The lowest BCUT2D eigenvalue weighted by atomic mass is 10.2. The molecule has 0 aliphatic heterocycles. The van der Waals surface area contributed by atoms with Crippen LogP contribution in [0.4, 0.5) is 5.69 Å². The van der Waals surface area contributed by atoms with E-state index in [1.807, 2.05) is 20.9 Å². The van der Waals surface area contributed by atoms with Crippen molar-refractivity contribution in [2.75, 3.05) is 5.43 Å². The SMILES string of the molecule is Cc1nn(C)c(C)c1/C=N\Nc1cn[nH]c(=O)c1Cl. The number of hydrazone groups is 1. The molecule has 2 rings (SSSR count). The van der Waals surface area contributed by atoms with Crippen molar-refractivity contribution in [1.29, 1.82) is 0 Å². The molecule has 0 atom stereocenters. The fourth-order valence-electron chi connectivity index (χ4n) is 1.60. The molecule has 2 heterocycles. The second-order valence-electron chi connectivity index (χ2n) is 4.00. The minimum Gasteiger partial charge on any atom is -0.275 e. The Hall–Kier alpha value is -2.15. The number of anilines is 1. The Labute approximate surface area is 114 Å². The zero-order valence-electron chi connectivity index (χ0n) is 10.7. The number of nitrogens with zero attached hydrogens (tertiary/aromatic N) is 4. The molecule has 0 aliphatic rings. The summed E-state index contributed by atoms with van der Waals surface area (Å²) < 4.78 is 1.78. The Balaban J connectivity index is 2.21.